The number of rotatable bonds is 4. The van der Waals surface area contributed by atoms with Crippen molar-refractivity contribution in [1.82, 2.24) is 16.1 Å². The van der Waals surface area contributed by atoms with Crippen LogP contribution in [0.1, 0.15) is 12.5 Å². The molecule has 0 bridgehead atoms. The van der Waals surface area contributed by atoms with Crippen LogP contribution in [0.4, 0.5) is 8.78 Å². The van der Waals surface area contributed by atoms with E-state index in [1.54, 1.807) is 6.92 Å². The lowest BCUT2D eigenvalue weighted by atomic mass is 10.2. The van der Waals surface area contributed by atoms with Gasteiger partial charge in [0.25, 0.3) is 0 Å². The fourth-order valence-corrected chi connectivity index (χ4v) is 1.49. The van der Waals surface area contributed by atoms with Crippen molar-refractivity contribution in [2.45, 2.75) is 13.5 Å². The first-order valence-electron chi connectivity index (χ1n) is 5.58. The third kappa shape index (κ3) is 3.16. The number of nitrogens with one attached hydrogen (secondary N) is 2. The van der Waals surface area contributed by atoms with Gasteiger partial charge in [-0.25, -0.2) is 19.1 Å². The van der Waals surface area contributed by atoms with E-state index in [9.17, 15) is 13.6 Å². The summed E-state index contributed by atoms with van der Waals surface area (Å²) in [6, 6.07) is 3.14. The smallest absolute Gasteiger partial charge is 0.377 e. The van der Waals surface area contributed by atoms with Crippen molar-refractivity contribution >= 4 is 11.8 Å². The summed E-state index contributed by atoms with van der Waals surface area (Å²) in [6.45, 7) is 1.87. The molecule has 0 aromatic heterocycles. The van der Waals surface area contributed by atoms with Gasteiger partial charge < -0.3 is 4.74 Å². The predicted octanol–water partition coefficient (Wildman–Crippen LogP) is 0.666. The van der Waals surface area contributed by atoms with Crippen LogP contribution in [0.5, 0.6) is 0 Å². The number of ether oxygens (including phenoxy) is 1. The molecule has 2 N–H and O–H groups in total. The lowest BCUT2D eigenvalue weighted by Gasteiger charge is -2.15. The molecule has 1 aromatic rings. The van der Waals surface area contributed by atoms with Gasteiger partial charge in [0.05, 0.1) is 13.2 Å². The zero-order valence-corrected chi connectivity index (χ0v) is 10.1. The molecule has 1 aliphatic heterocycles. The van der Waals surface area contributed by atoms with Crippen molar-refractivity contribution in [3.63, 3.8) is 0 Å². The minimum Gasteiger partial charge on any atom is -0.460 e. The van der Waals surface area contributed by atoms with Crippen molar-refractivity contribution in [2.24, 2.45) is 5.10 Å². The Bertz CT molecular complexity index is 521. The Morgan fingerprint density at radius 1 is 1.47 bits per heavy atom. The Balaban J connectivity index is 1.96. The Morgan fingerprint density at radius 3 is 3.00 bits per heavy atom. The summed E-state index contributed by atoms with van der Waals surface area (Å²) in [5.74, 6) is -1.76. The number of hydrazine groups is 2. The van der Waals surface area contributed by atoms with Crippen LogP contribution in [-0.2, 0) is 16.1 Å². The van der Waals surface area contributed by atoms with E-state index < -0.39 is 17.6 Å². The number of halogens is 2. The highest BCUT2D eigenvalue weighted by Crippen LogP contribution is 2.11. The first-order valence-corrected chi connectivity index (χ1v) is 5.58. The first-order chi connectivity index (χ1) is 9.10. The van der Waals surface area contributed by atoms with Gasteiger partial charge in [-0.05, 0) is 25.1 Å². The van der Waals surface area contributed by atoms with Crippen LogP contribution in [-0.4, -0.2) is 23.5 Å². The van der Waals surface area contributed by atoms with Crippen LogP contribution in [0.25, 0.3) is 0 Å². The molecule has 19 heavy (non-hydrogen) atoms. The number of carbonyl (C=O) groups excluding carboxylic acids is 1. The average molecular weight is 270 g/mol. The van der Waals surface area contributed by atoms with Crippen molar-refractivity contribution in [1.29, 1.82) is 0 Å². The van der Waals surface area contributed by atoms with Gasteiger partial charge in [-0.2, -0.15) is 0 Å². The number of nitrogens with zero attached hydrogens (tertiary/aromatic N) is 2. The second-order valence-electron chi connectivity index (χ2n) is 3.71. The molecule has 1 heterocycles. The lowest BCUT2D eigenvalue weighted by Crippen LogP contribution is -2.43. The molecule has 8 heteroatoms. The summed E-state index contributed by atoms with van der Waals surface area (Å²) in [5, 5.41) is 4.91. The highest BCUT2D eigenvalue weighted by molar-refractivity contribution is 6.35. The van der Waals surface area contributed by atoms with Crippen molar-refractivity contribution in [3.8, 4) is 0 Å². The summed E-state index contributed by atoms with van der Waals surface area (Å²) in [5.41, 5.74) is 5.17. The van der Waals surface area contributed by atoms with Crippen LogP contribution in [0.2, 0.25) is 0 Å². The van der Waals surface area contributed by atoms with Gasteiger partial charge >= 0.3 is 5.97 Å². The minimum atomic E-state index is -0.628. The van der Waals surface area contributed by atoms with E-state index in [4.69, 9.17) is 4.74 Å². The summed E-state index contributed by atoms with van der Waals surface area (Å²) in [4.78, 5) is 11.3. The second kappa shape index (κ2) is 5.61. The Hall–Kier alpha value is -2.22. The highest BCUT2D eigenvalue weighted by Gasteiger charge is 2.22. The molecule has 0 amide bonds. The van der Waals surface area contributed by atoms with Gasteiger partial charge in [0.1, 0.15) is 11.6 Å². The number of amidine groups is 1. The van der Waals surface area contributed by atoms with Gasteiger partial charge in [0.15, 0.2) is 0 Å². The molecule has 0 atom stereocenters. The molecule has 0 aliphatic carbocycles. The highest BCUT2D eigenvalue weighted by atomic mass is 19.1. The topological polar surface area (TPSA) is 66.0 Å². The normalized spacial score (nSPS) is 14.6. The molecule has 0 unspecified atom stereocenters. The standard InChI is InChI=1S/C11H12F2N4O2/c1-2-19-11(18)10-14-16-17(15-10)6-7-5-8(12)3-4-9(7)13/h3-5,16H,2,6H2,1H3,(H,14,15). The molecule has 6 nitrogen and oxygen atoms in total. The molecule has 0 radical (unpaired) electrons. The van der Waals surface area contributed by atoms with Crippen LogP contribution in [0.15, 0.2) is 23.3 Å². The molecule has 1 aliphatic rings. The Kier molecular flexibility index (Phi) is 3.91. The van der Waals surface area contributed by atoms with Crippen molar-refractivity contribution in [2.75, 3.05) is 6.61 Å². The van der Waals surface area contributed by atoms with Crippen molar-refractivity contribution in [3.05, 3.63) is 35.4 Å². The molecule has 2 rings (SSSR count). The van der Waals surface area contributed by atoms with Gasteiger partial charge in [0.2, 0.25) is 5.84 Å². The maximum Gasteiger partial charge on any atom is 0.377 e. The number of hydrogen-bond donors (Lipinski definition) is 2. The zero-order valence-electron chi connectivity index (χ0n) is 10.1. The maximum atomic E-state index is 13.4. The van der Waals surface area contributed by atoms with Crippen LogP contribution in [0.3, 0.4) is 0 Å². The largest absolute Gasteiger partial charge is 0.460 e. The molecule has 102 valence electrons. The number of esters is 1. The summed E-state index contributed by atoms with van der Waals surface area (Å²) >= 11 is 0. The summed E-state index contributed by atoms with van der Waals surface area (Å²) in [6.07, 6.45) is 0. The van der Waals surface area contributed by atoms with Gasteiger partial charge in [-0.15, -0.1) is 10.2 Å². The average Bonchev–Trinajstić information content (AvgIpc) is 2.83. The second-order valence-corrected chi connectivity index (χ2v) is 3.71. The minimum absolute atomic E-state index is 0.0179. The van der Waals surface area contributed by atoms with E-state index in [1.165, 1.54) is 5.12 Å². The van der Waals surface area contributed by atoms with Crippen molar-refractivity contribution < 1.29 is 18.3 Å². The molecule has 1 aromatic carbocycles. The number of hydrazone groups is 1. The van der Waals surface area contributed by atoms with Crippen LogP contribution >= 0.6 is 0 Å². The molecule has 0 spiro atoms. The van der Waals surface area contributed by atoms with E-state index >= 15 is 0 Å². The van der Waals surface area contributed by atoms with Crippen LogP contribution in [0, 0.1) is 11.6 Å². The van der Waals surface area contributed by atoms with E-state index in [0.29, 0.717) is 0 Å². The lowest BCUT2D eigenvalue weighted by molar-refractivity contribution is -0.135. The zero-order chi connectivity index (χ0) is 13.8. The number of carbonyl (C=O) groups is 1. The summed E-state index contributed by atoms with van der Waals surface area (Å²) in [7, 11) is 0. The van der Waals surface area contributed by atoms with E-state index in [0.717, 1.165) is 18.2 Å². The predicted molar refractivity (Wildman–Crippen MR) is 62.2 cm³/mol. The number of hydrogen-bond acceptors (Lipinski definition) is 6. The molecular weight excluding hydrogens is 258 g/mol. The molecule has 0 saturated carbocycles. The van der Waals surface area contributed by atoms with E-state index in [-0.39, 0.29) is 24.6 Å². The third-order valence-electron chi connectivity index (χ3n) is 2.33. The third-order valence-corrected chi connectivity index (χ3v) is 2.33. The maximum absolute atomic E-state index is 13.4. The van der Waals surface area contributed by atoms with Gasteiger partial charge in [-0.3, -0.25) is 5.43 Å². The first kappa shape index (κ1) is 13.2. The molecule has 0 saturated heterocycles. The van der Waals surface area contributed by atoms with Gasteiger partial charge in [0, 0.05) is 5.56 Å². The van der Waals surface area contributed by atoms with E-state index in [2.05, 4.69) is 16.1 Å². The van der Waals surface area contributed by atoms with Crippen LogP contribution < -0.4 is 11.0 Å². The molecule has 0 fully saturated rings. The fourth-order valence-electron chi connectivity index (χ4n) is 1.49. The summed E-state index contributed by atoms with van der Waals surface area (Å²) < 4.78 is 31.2. The Labute approximate surface area is 108 Å². The van der Waals surface area contributed by atoms with E-state index in [1.807, 2.05) is 0 Å². The quantitative estimate of drug-likeness (QED) is 0.787. The number of benzene rings is 1. The monoisotopic (exact) mass is 270 g/mol. The SMILES string of the molecule is CCOC(=O)C1=NNN(Cc2cc(F)ccc2F)N1. The molecular formula is C11H12F2N4O2. The fraction of sp³-hybridized carbons (Fsp3) is 0.273. The Morgan fingerprint density at radius 2 is 2.26 bits per heavy atom. The van der Waals surface area contributed by atoms with Gasteiger partial charge in [-0.1, -0.05) is 0 Å².